The number of hydrogen-bond donors (Lipinski definition) is 1. The van der Waals surface area contributed by atoms with E-state index in [1.54, 1.807) is 11.8 Å². The smallest absolute Gasteiger partial charge is 0.239 e. The van der Waals surface area contributed by atoms with Crippen LogP contribution < -0.4 is 5.32 Å². The second kappa shape index (κ2) is 5.43. The molecule has 1 amide bonds. The van der Waals surface area contributed by atoms with Crippen LogP contribution in [0.15, 0.2) is 41.3 Å². The van der Waals surface area contributed by atoms with Crippen LogP contribution in [0.3, 0.4) is 0 Å². The van der Waals surface area contributed by atoms with Gasteiger partial charge in [-0.1, -0.05) is 24.3 Å². The Labute approximate surface area is 109 Å². The first kappa shape index (κ1) is 12.3. The van der Waals surface area contributed by atoms with Crippen LogP contribution in [0.5, 0.6) is 0 Å². The molecule has 2 aromatic carbocycles. The van der Waals surface area contributed by atoms with E-state index in [2.05, 4.69) is 11.4 Å². The summed E-state index contributed by atoms with van der Waals surface area (Å²) in [6, 6.07) is 11.9. The minimum Gasteiger partial charge on any atom is -0.324 e. The van der Waals surface area contributed by atoms with Crippen molar-refractivity contribution >= 4 is 45.7 Å². The maximum absolute atomic E-state index is 11.3. The lowest BCUT2D eigenvalue weighted by molar-refractivity contribution is -0.113. The van der Waals surface area contributed by atoms with Gasteiger partial charge in [0, 0.05) is 16.0 Å². The average molecular weight is 266 g/mol. The fraction of sp³-hybridized carbons (Fsp3) is 0.154. The summed E-state index contributed by atoms with van der Waals surface area (Å²) in [5.74, 6) is -0.216. The van der Waals surface area contributed by atoms with Gasteiger partial charge in [-0.3, -0.25) is 4.79 Å². The maximum Gasteiger partial charge on any atom is 0.239 e. The van der Waals surface area contributed by atoms with E-state index < -0.39 is 0 Å². The molecule has 2 rings (SSSR count). The number of amides is 1. The Kier molecular flexibility index (Phi) is 3.92. The molecule has 2 nitrogen and oxygen atoms in total. The highest BCUT2D eigenvalue weighted by molar-refractivity contribution is 7.98. The first-order valence-electron chi connectivity index (χ1n) is 5.18. The summed E-state index contributed by atoms with van der Waals surface area (Å²) in [6.07, 6.45) is 2.04. The Balaban J connectivity index is 2.54. The minimum absolute atomic E-state index is 0.0292. The fourth-order valence-electron chi connectivity index (χ4n) is 1.74. The Morgan fingerprint density at radius 3 is 2.59 bits per heavy atom. The van der Waals surface area contributed by atoms with Crippen molar-refractivity contribution in [2.45, 2.75) is 4.90 Å². The number of alkyl halides is 1. The van der Waals surface area contributed by atoms with Gasteiger partial charge in [0.25, 0.3) is 0 Å². The number of rotatable bonds is 3. The number of benzene rings is 2. The molecule has 0 saturated carbocycles. The third-order valence-electron chi connectivity index (χ3n) is 2.50. The molecule has 17 heavy (non-hydrogen) atoms. The van der Waals surface area contributed by atoms with Gasteiger partial charge in [0.05, 0.1) is 0 Å². The Morgan fingerprint density at radius 1 is 1.24 bits per heavy atom. The van der Waals surface area contributed by atoms with Crippen molar-refractivity contribution in [3.05, 3.63) is 36.4 Å². The van der Waals surface area contributed by atoms with E-state index in [1.807, 2.05) is 36.6 Å². The molecule has 0 bridgehead atoms. The molecule has 0 spiro atoms. The molecule has 0 unspecified atom stereocenters. The van der Waals surface area contributed by atoms with Crippen LogP contribution in [0.1, 0.15) is 0 Å². The third-order valence-corrected chi connectivity index (χ3v) is 3.54. The van der Waals surface area contributed by atoms with Crippen molar-refractivity contribution in [3.63, 3.8) is 0 Å². The number of anilines is 1. The maximum atomic E-state index is 11.3. The molecule has 0 aliphatic carbocycles. The molecular formula is C13H12ClNOS. The fourth-order valence-corrected chi connectivity index (χ4v) is 2.41. The van der Waals surface area contributed by atoms with Crippen LogP contribution in [0.4, 0.5) is 5.69 Å². The van der Waals surface area contributed by atoms with Gasteiger partial charge in [0.1, 0.15) is 5.88 Å². The standard InChI is InChI=1S/C13H12ClNOS/c1-17-12-7-6-11(15-13(16)8-14)9-4-2-3-5-10(9)12/h2-7H,8H2,1H3,(H,15,16). The van der Waals surface area contributed by atoms with Crippen molar-refractivity contribution < 1.29 is 4.79 Å². The number of carbonyl (C=O) groups is 1. The highest BCUT2D eigenvalue weighted by Crippen LogP contribution is 2.31. The molecule has 0 heterocycles. The van der Waals surface area contributed by atoms with E-state index in [1.165, 1.54) is 4.90 Å². The molecule has 0 radical (unpaired) electrons. The van der Waals surface area contributed by atoms with E-state index in [-0.39, 0.29) is 11.8 Å². The van der Waals surface area contributed by atoms with Crippen molar-refractivity contribution in [3.8, 4) is 0 Å². The molecule has 0 aliphatic heterocycles. The van der Waals surface area contributed by atoms with E-state index in [9.17, 15) is 4.79 Å². The molecule has 0 saturated heterocycles. The topological polar surface area (TPSA) is 29.1 Å². The zero-order chi connectivity index (χ0) is 12.3. The van der Waals surface area contributed by atoms with Crippen LogP contribution in [-0.4, -0.2) is 18.0 Å². The van der Waals surface area contributed by atoms with Crippen molar-refractivity contribution in [2.24, 2.45) is 0 Å². The summed E-state index contributed by atoms with van der Waals surface area (Å²) in [5, 5.41) is 4.99. The lowest BCUT2D eigenvalue weighted by atomic mass is 10.1. The molecule has 0 aliphatic rings. The summed E-state index contributed by atoms with van der Waals surface area (Å²) in [6.45, 7) is 0. The summed E-state index contributed by atoms with van der Waals surface area (Å²) < 4.78 is 0. The molecule has 1 N–H and O–H groups in total. The van der Waals surface area contributed by atoms with Crippen molar-refractivity contribution in [2.75, 3.05) is 17.5 Å². The quantitative estimate of drug-likeness (QED) is 0.677. The summed E-state index contributed by atoms with van der Waals surface area (Å²) in [7, 11) is 0. The Bertz CT molecular complexity index is 556. The molecule has 4 heteroatoms. The van der Waals surface area contributed by atoms with Gasteiger partial charge in [-0.25, -0.2) is 0 Å². The summed E-state index contributed by atoms with van der Waals surface area (Å²) >= 11 is 7.19. The van der Waals surface area contributed by atoms with Crippen LogP contribution in [-0.2, 0) is 4.79 Å². The van der Waals surface area contributed by atoms with E-state index in [0.717, 1.165) is 16.5 Å². The number of thioether (sulfide) groups is 1. The minimum atomic E-state index is -0.186. The highest BCUT2D eigenvalue weighted by atomic mass is 35.5. The predicted molar refractivity (Wildman–Crippen MR) is 75.1 cm³/mol. The molecule has 88 valence electrons. The predicted octanol–water partition coefficient (Wildman–Crippen LogP) is 3.74. The van der Waals surface area contributed by atoms with Gasteiger partial charge in [0.2, 0.25) is 5.91 Å². The van der Waals surface area contributed by atoms with Gasteiger partial charge in [-0.15, -0.1) is 23.4 Å². The number of carbonyl (C=O) groups excluding carboxylic acids is 1. The van der Waals surface area contributed by atoms with Crippen LogP contribution in [0, 0.1) is 0 Å². The summed E-state index contributed by atoms with van der Waals surface area (Å²) in [4.78, 5) is 12.5. The van der Waals surface area contributed by atoms with Gasteiger partial charge in [-0.2, -0.15) is 0 Å². The number of halogens is 1. The second-order valence-electron chi connectivity index (χ2n) is 3.54. The van der Waals surface area contributed by atoms with Crippen molar-refractivity contribution in [1.29, 1.82) is 0 Å². The van der Waals surface area contributed by atoms with Gasteiger partial charge >= 0.3 is 0 Å². The summed E-state index contributed by atoms with van der Waals surface area (Å²) in [5.41, 5.74) is 0.809. The molecule has 0 aromatic heterocycles. The third kappa shape index (κ3) is 2.56. The Morgan fingerprint density at radius 2 is 1.94 bits per heavy atom. The number of hydrogen-bond acceptors (Lipinski definition) is 2. The first-order chi connectivity index (χ1) is 8.26. The van der Waals surface area contributed by atoms with Crippen LogP contribution in [0.2, 0.25) is 0 Å². The monoisotopic (exact) mass is 265 g/mol. The molecular weight excluding hydrogens is 254 g/mol. The van der Waals surface area contributed by atoms with Gasteiger partial charge in [-0.05, 0) is 23.8 Å². The zero-order valence-corrected chi connectivity index (χ0v) is 10.9. The SMILES string of the molecule is CSc1ccc(NC(=O)CCl)c2ccccc12. The van der Waals surface area contributed by atoms with E-state index in [0.29, 0.717) is 0 Å². The zero-order valence-electron chi connectivity index (χ0n) is 9.37. The first-order valence-corrected chi connectivity index (χ1v) is 6.93. The Hall–Kier alpha value is -1.19. The van der Waals surface area contributed by atoms with E-state index >= 15 is 0 Å². The second-order valence-corrected chi connectivity index (χ2v) is 4.66. The molecule has 0 fully saturated rings. The lowest BCUT2D eigenvalue weighted by Gasteiger charge is -2.10. The lowest BCUT2D eigenvalue weighted by Crippen LogP contribution is -2.12. The molecule has 0 atom stereocenters. The van der Waals surface area contributed by atoms with E-state index in [4.69, 9.17) is 11.6 Å². The van der Waals surface area contributed by atoms with Crippen molar-refractivity contribution in [1.82, 2.24) is 0 Å². The van der Waals surface area contributed by atoms with Gasteiger partial charge in [0.15, 0.2) is 0 Å². The average Bonchev–Trinajstić information content (AvgIpc) is 2.39. The highest BCUT2D eigenvalue weighted by Gasteiger charge is 2.07. The number of fused-ring (bicyclic) bond motifs is 1. The number of nitrogens with one attached hydrogen (secondary N) is 1. The largest absolute Gasteiger partial charge is 0.324 e. The van der Waals surface area contributed by atoms with Crippen LogP contribution in [0.25, 0.3) is 10.8 Å². The molecule has 2 aromatic rings. The van der Waals surface area contributed by atoms with Gasteiger partial charge < -0.3 is 5.32 Å². The normalized spacial score (nSPS) is 10.5. The van der Waals surface area contributed by atoms with Crippen LogP contribution >= 0.6 is 23.4 Å².